The maximum atomic E-state index is 10.6. The van der Waals surface area contributed by atoms with E-state index in [0.717, 1.165) is 12.7 Å². The summed E-state index contributed by atoms with van der Waals surface area (Å²) in [6, 6.07) is 5.14. The van der Waals surface area contributed by atoms with Crippen molar-refractivity contribution in [3.63, 3.8) is 0 Å². The molecular weight excluding hydrogens is 180 g/mol. The fourth-order valence-electron chi connectivity index (χ4n) is 1.08. The van der Waals surface area contributed by atoms with Crippen molar-refractivity contribution in [2.24, 2.45) is 0 Å². The van der Waals surface area contributed by atoms with E-state index in [0.29, 0.717) is 23.7 Å². The van der Waals surface area contributed by atoms with E-state index >= 15 is 0 Å². The van der Waals surface area contributed by atoms with Gasteiger partial charge in [-0.25, -0.2) is 0 Å². The molecule has 0 saturated carbocycles. The quantitative estimate of drug-likeness (QED) is 0.675. The van der Waals surface area contributed by atoms with E-state index < -0.39 is 0 Å². The lowest BCUT2D eigenvalue weighted by Crippen LogP contribution is -1.96. The Bertz CT molecular complexity index is 307. The highest BCUT2D eigenvalue weighted by Gasteiger charge is 2.01. The first-order chi connectivity index (χ1) is 6.80. The van der Waals surface area contributed by atoms with E-state index in [2.05, 4.69) is 0 Å². The molecule has 0 spiro atoms. The first-order valence-corrected chi connectivity index (χ1v) is 4.57. The van der Waals surface area contributed by atoms with Crippen LogP contribution in [0.4, 0.5) is 0 Å². The van der Waals surface area contributed by atoms with Gasteiger partial charge < -0.3 is 9.47 Å². The number of rotatable bonds is 5. The van der Waals surface area contributed by atoms with E-state index in [4.69, 9.17) is 9.47 Å². The molecule has 0 heterocycles. The molecule has 1 rings (SSSR count). The van der Waals surface area contributed by atoms with Crippen LogP contribution in [0.25, 0.3) is 0 Å². The SMILES string of the molecule is CCCOc1cc(C=O)cc(OC)c1. The van der Waals surface area contributed by atoms with E-state index in [9.17, 15) is 4.79 Å². The van der Waals surface area contributed by atoms with Crippen LogP contribution in [-0.4, -0.2) is 20.0 Å². The summed E-state index contributed by atoms with van der Waals surface area (Å²) in [7, 11) is 1.56. The Kier molecular flexibility index (Phi) is 3.98. The second-order valence-electron chi connectivity index (χ2n) is 2.91. The molecule has 0 unspecified atom stereocenters. The van der Waals surface area contributed by atoms with Crippen molar-refractivity contribution in [2.75, 3.05) is 13.7 Å². The van der Waals surface area contributed by atoms with E-state index in [1.54, 1.807) is 25.3 Å². The summed E-state index contributed by atoms with van der Waals surface area (Å²) in [5.41, 5.74) is 0.565. The van der Waals surface area contributed by atoms with Gasteiger partial charge in [0.2, 0.25) is 0 Å². The number of aldehydes is 1. The fraction of sp³-hybridized carbons (Fsp3) is 0.364. The van der Waals surface area contributed by atoms with Gasteiger partial charge >= 0.3 is 0 Å². The van der Waals surface area contributed by atoms with Crippen LogP contribution in [0.2, 0.25) is 0 Å². The summed E-state index contributed by atoms with van der Waals surface area (Å²) in [6.45, 7) is 2.67. The summed E-state index contributed by atoms with van der Waals surface area (Å²) in [5, 5.41) is 0. The van der Waals surface area contributed by atoms with Gasteiger partial charge in [-0.3, -0.25) is 4.79 Å². The van der Waals surface area contributed by atoms with Crippen LogP contribution in [0.1, 0.15) is 23.7 Å². The van der Waals surface area contributed by atoms with Gasteiger partial charge in [0.1, 0.15) is 17.8 Å². The standard InChI is InChI=1S/C11H14O3/c1-3-4-14-11-6-9(8-12)5-10(7-11)13-2/h5-8H,3-4H2,1-2H3. The summed E-state index contributed by atoms with van der Waals surface area (Å²) in [5.74, 6) is 1.31. The molecule has 76 valence electrons. The lowest BCUT2D eigenvalue weighted by Gasteiger charge is -2.07. The Hall–Kier alpha value is -1.51. The van der Waals surface area contributed by atoms with Crippen molar-refractivity contribution in [1.29, 1.82) is 0 Å². The van der Waals surface area contributed by atoms with Gasteiger partial charge in [0.05, 0.1) is 13.7 Å². The predicted octanol–water partition coefficient (Wildman–Crippen LogP) is 2.30. The minimum absolute atomic E-state index is 0.565. The van der Waals surface area contributed by atoms with E-state index in [1.807, 2.05) is 6.92 Å². The predicted molar refractivity (Wildman–Crippen MR) is 54.2 cm³/mol. The zero-order valence-electron chi connectivity index (χ0n) is 8.45. The molecule has 0 fully saturated rings. The monoisotopic (exact) mass is 194 g/mol. The average Bonchev–Trinajstić information content (AvgIpc) is 2.25. The largest absolute Gasteiger partial charge is 0.497 e. The lowest BCUT2D eigenvalue weighted by atomic mass is 10.2. The van der Waals surface area contributed by atoms with Gasteiger partial charge in [0.25, 0.3) is 0 Å². The number of carbonyl (C=O) groups is 1. The minimum Gasteiger partial charge on any atom is -0.497 e. The first kappa shape index (κ1) is 10.6. The van der Waals surface area contributed by atoms with Crippen LogP contribution in [0.15, 0.2) is 18.2 Å². The molecular formula is C11H14O3. The van der Waals surface area contributed by atoms with Gasteiger partial charge in [-0.2, -0.15) is 0 Å². The van der Waals surface area contributed by atoms with Gasteiger partial charge in [-0.05, 0) is 18.6 Å². The molecule has 0 aliphatic heterocycles. The Balaban J connectivity index is 2.86. The molecule has 0 aliphatic rings. The van der Waals surface area contributed by atoms with Crippen LogP contribution >= 0.6 is 0 Å². The van der Waals surface area contributed by atoms with Gasteiger partial charge in [-0.15, -0.1) is 0 Å². The molecule has 1 aromatic carbocycles. The van der Waals surface area contributed by atoms with Crippen molar-refractivity contribution in [3.8, 4) is 11.5 Å². The highest BCUT2D eigenvalue weighted by Crippen LogP contribution is 2.21. The first-order valence-electron chi connectivity index (χ1n) is 4.57. The molecule has 0 N–H and O–H groups in total. The molecule has 3 heteroatoms. The maximum absolute atomic E-state index is 10.6. The topological polar surface area (TPSA) is 35.5 Å². The number of ether oxygens (including phenoxy) is 2. The lowest BCUT2D eigenvalue weighted by molar-refractivity contribution is 0.112. The Morgan fingerprint density at radius 2 is 2.00 bits per heavy atom. The summed E-state index contributed by atoms with van der Waals surface area (Å²) in [4.78, 5) is 10.6. The van der Waals surface area contributed by atoms with Crippen LogP contribution < -0.4 is 9.47 Å². The minimum atomic E-state index is 0.565. The average molecular weight is 194 g/mol. The molecule has 0 aliphatic carbocycles. The van der Waals surface area contributed by atoms with Crippen molar-refractivity contribution >= 4 is 6.29 Å². The Morgan fingerprint density at radius 3 is 2.57 bits per heavy atom. The Labute approximate surface area is 83.6 Å². The van der Waals surface area contributed by atoms with Crippen molar-refractivity contribution in [1.82, 2.24) is 0 Å². The summed E-state index contributed by atoms with van der Waals surface area (Å²) >= 11 is 0. The highest BCUT2D eigenvalue weighted by atomic mass is 16.5. The third-order valence-electron chi connectivity index (χ3n) is 1.75. The molecule has 0 saturated heterocycles. The molecule has 0 bridgehead atoms. The number of hydrogen-bond donors (Lipinski definition) is 0. The third kappa shape index (κ3) is 2.76. The number of hydrogen-bond acceptors (Lipinski definition) is 3. The second kappa shape index (κ2) is 5.27. The van der Waals surface area contributed by atoms with Gasteiger partial charge in [0, 0.05) is 11.6 Å². The molecule has 0 aromatic heterocycles. The van der Waals surface area contributed by atoms with Gasteiger partial charge in [-0.1, -0.05) is 6.92 Å². The fourth-order valence-corrected chi connectivity index (χ4v) is 1.08. The molecule has 0 radical (unpaired) electrons. The van der Waals surface area contributed by atoms with Crippen LogP contribution in [0.3, 0.4) is 0 Å². The summed E-state index contributed by atoms with van der Waals surface area (Å²) in [6.07, 6.45) is 1.72. The van der Waals surface area contributed by atoms with Crippen molar-refractivity contribution < 1.29 is 14.3 Å². The van der Waals surface area contributed by atoms with Gasteiger partial charge in [0.15, 0.2) is 0 Å². The smallest absolute Gasteiger partial charge is 0.150 e. The molecule has 0 atom stereocenters. The van der Waals surface area contributed by atoms with Crippen molar-refractivity contribution in [3.05, 3.63) is 23.8 Å². The van der Waals surface area contributed by atoms with Crippen LogP contribution in [0, 0.1) is 0 Å². The van der Waals surface area contributed by atoms with Crippen molar-refractivity contribution in [2.45, 2.75) is 13.3 Å². The maximum Gasteiger partial charge on any atom is 0.150 e. The molecule has 3 nitrogen and oxygen atoms in total. The molecule has 14 heavy (non-hydrogen) atoms. The zero-order chi connectivity index (χ0) is 10.4. The third-order valence-corrected chi connectivity index (χ3v) is 1.75. The summed E-state index contributed by atoms with van der Waals surface area (Å²) < 4.78 is 10.4. The number of benzene rings is 1. The molecule has 1 aromatic rings. The Morgan fingerprint density at radius 1 is 1.29 bits per heavy atom. The number of methoxy groups -OCH3 is 1. The highest BCUT2D eigenvalue weighted by molar-refractivity contribution is 5.76. The van der Waals surface area contributed by atoms with E-state index in [-0.39, 0.29) is 0 Å². The van der Waals surface area contributed by atoms with E-state index in [1.165, 1.54) is 0 Å². The normalized spacial score (nSPS) is 9.57. The zero-order valence-corrected chi connectivity index (χ0v) is 8.45. The van der Waals surface area contributed by atoms with Crippen LogP contribution in [0.5, 0.6) is 11.5 Å². The number of carbonyl (C=O) groups excluding carboxylic acids is 1. The molecule has 0 amide bonds. The van der Waals surface area contributed by atoms with Crippen LogP contribution in [-0.2, 0) is 0 Å². The second-order valence-corrected chi connectivity index (χ2v) is 2.91.